The average Bonchev–Trinajstić information content (AvgIpc) is 2.46. The second kappa shape index (κ2) is 8.87. The van der Waals surface area contributed by atoms with E-state index in [1.807, 2.05) is 0 Å². The van der Waals surface area contributed by atoms with E-state index in [0.29, 0.717) is 0 Å². The molecule has 1 aliphatic carbocycles. The third-order valence-corrected chi connectivity index (χ3v) is 10.2. The molecule has 0 atom stereocenters. The van der Waals surface area contributed by atoms with Crippen LogP contribution in [-0.4, -0.2) is 13.6 Å². The molecular weight excluding hydrogens is 312 g/mol. The minimum Gasteiger partial charge on any atom is -0.0891 e. The molecule has 0 aromatic rings. The summed E-state index contributed by atoms with van der Waals surface area (Å²) in [5, 5.41) is 0. The van der Waals surface area contributed by atoms with Crippen molar-refractivity contribution in [3.05, 3.63) is 0 Å². The molecule has 2 rings (SSSR count). The molecule has 0 unspecified atom stereocenters. The van der Waals surface area contributed by atoms with Crippen LogP contribution in [0.1, 0.15) is 71.1 Å². The van der Waals surface area contributed by atoms with Gasteiger partial charge >= 0.3 is 0 Å². The zero-order valence-electron chi connectivity index (χ0n) is 12.9. The van der Waals surface area contributed by atoms with Crippen molar-refractivity contribution in [2.45, 2.75) is 94.1 Å². The lowest BCUT2D eigenvalue weighted by atomic mass is 9.85. The minimum atomic E-state index is -0.219. The maximum Gasteiger partial charge on any atom is 0.0365 e. The van der Waals surface area contributed by atoms with Crippen LogP contribution in [0.15, 0.2) is 0 Å². The van der Waals surface area contributed by atoms with E-state index in [4.69, 9.17) is 0 Å². The lowest BCUT2D eigenvalue weighted by molar-refractivity contribution is 0.327. The maximum absolute atomic E-state index is 3.76. The normalized spacial score (nSPS) is 36.3. The summed E-state index contributed by atoms with van der Waals surface area (Å²) in [7, 11) is -0.219. The third kappa shape index (κ3) is 5.91. The first-order chi connectivity index (χ1) is 9.28. The molecule has 1 saturated carbocycles. The van der Waals surface area contributed by atoms with Crippen molar-refractivity contribution in [2.75, 3.05) is 0 Å². The largest absolute Gasteiger partial charge is 0.0891 e. The van der Waals surface area contributed by atoms with Crippen molar-refractivity contribution in [1.29, 1.82) is 0 Å². The topological polar surface area (TPSA) is 0 Å². The fourth-order valence-corrected chi connectivity index (χ4v) is 7.72. The Labute approximate surface area is 130 Å². The second-order valence-electron chi connectivity index (χ2n) is 7.20. The Morgan fingerprint density at radius 1 is 0.842 bits per heavy atom. The average molecular weight is 345 g/mol. The minimum absolute atomic E-state index is 0.219. The van der Waals surface area contributed by atoms with E-state index in [9.17, 15) is 0 Å². The molecule has 2 fully saturated rings. The number of halogens is 1. The Kier molecular flexibility index (Phi) is 7.50. The Morgan fingerprint density at radius 3 is 1.89 bits per heavy atom. The molecule has 0 amide bonds. The fourth-order valence-electron chi connectivity index (χ4n) is 4.20. The molecule has 0 aromatic heterocycles. The first-order valence-corrected chi connectivity index (χ1v) is 12.3. The van der Waals surface area contributed by atoms with Crippen molar-refractivity contribution in [3.8, 4) is 0 Å². The predicted molar refractivity (Wildman–Crippen MR) is 93.1 cm³/mol. The van der Waals surface area contributed by atoms with Crippen LogP contribution in [0.25, 0.3) is 0 Å². The van der Waals surface area contributed by atoms with E-state index < -0.39 is 0 Å². The predicted octanol–water partition coefficient (Wildman–Crippen LogP) is 6.16. The molecule has 1 heterocycles. The van der Waals surface area contributed by atoms with E-state index >= 15 is 0 Å². The van der Waals surface area contributed by atoms with E-state index in [2.05, 4.69) is 22.9 Å². The maximum atomic E-state index is 3.76. The van der Waals surface area contributed by atoms with Gasteiger partial charge in [-0.1, -0.05) is 79.5 Å². The van der Waals surface area contributed by atoms with Crippen molar-refractivity contribution >= 4 is 24.7 Å². The summed E-state index contributed by atoms with van der Waals surface area (Å²) in [5.41, 5.74) is 0. The summed E-state index contributed by atoms with van der Waals surface area (Å²) in [4.78, 5) is 0.835. The summed E-state index contributed by atoms with van der Waals surface area (Å²) < 4.78 is 0. The second-order valence-corrected chi connectivity index (χ2v) is 12.2. The molecule has 1 saturated heterocycles. The van der Waals surface area contributed by atoms with Crippen molar-refractivity contribution < 1.29 is 0 Å². The monoisotopic (exact) mass is 344 g/mol. The van der Waals surface area contributed by atoms with Gasteiger partial charge in [0.1, 0.15) is 0 Å². The first-order valence-electron chi connectivity index (χ1n) is 8.92. The molecule has 0 N–H and O–H groups in total. The summed E-state index contributed by atoms with van der Waals surface area (Å²) >= 11 is 3.76. The molecule has 0 nitrogen and oxygen atoms in total. The van der Waals surface area contributed by atoms with E-state index in [1.54, 1.807) is 37.4 Å². The number of alkyl halides is 1. The highest BCUT2D eigenvalue weighted by Gasteiger charge is 2.21. The van der Waals surface area contributed by atoms with Gasteiger partial charge in [0, 0.05) is 13.6 Å². The van der Waals surface area contributed by atoms with Gasteiger partial charge < -0.3 is 0 Å². The molecule has 112 valence electrons. The smallest absolute Gasteiger partial charge is 0.0365 e. The van der Waals surface area contributed by atoms with Crippen LogP contribution in [0.5, 0.6) is 0 Å². The van der Waals surface area contributed by atoms with Gasteiger partial charge in [0.15, 0.2) is 0 Å². The van der Waals surface area contributed by atoms with Crippen LogP contribution >= 0.6 is 15.9 Å². The standard InChI is InChI=1S/C17H33BrSi/c1-2-19-13-11-16(12-14-19)6-4-3-5-15-7-9-17(18)10-8-15/h15-17,19H,2-14H2,1H3/t15?,16-,17?,19-. The Morgan fingerprint density at radius 2 is 1.37 bits per heavy atom. The summed E-state index contributed by atoms with van der Waals surface area (Å²) in [5.74, 6) is 2.19. The van der Waals surface area contributed by atoms with Crippen molar-refractivity contribution in [1.82, 2.24) is 0 Å². The first kappa shape index (κ1) is 16.1. The molecule has 19 heavy (non-hydrogen) atoms. The van der Waals surface area contributed by atoms with Gasteiger partial charge in [-0.3, -0.25) is 0 Å². The quantitative estimate of drug-likeness (QED) is 0.307. The summed E-state index contributed by atoms with van der Waals surface area (Å²) in [6.45, 7) is 2.43. The van der Waals surface area contributed by atoms with Gasteiger partial charge in [-0.2, -0.15) is 0 Å². The van der Waals surface area contributed by atoms with E-state index in [-0.39, 0.29) is 8.80 Å². The van der Waals surface area contributed by atoms with E-state index in [0.717, 1.165) is 16.7 Å². The zero-order valence-corrected chi connectivity index (χ0v) is 15.6. The van der Waals surface area contributed by atoms with Gasteiger partial charge in [-0.25, -0.2) is 0 Å². The van der Waals surface area contributed by atoms with Gasteiger partial charge in [0.05, 0.1) is 0 Å². The zero-order chi connectivity index (χ0) is 13.5. The van der Waals surface area contributed by atoms with Crippen LogP contribution in [0.3, 0.4) is 0 Å². The molecule has 0 bridgehead atoms. The number of rotatable bonds is 6. The number of hydrogen-bond acceptors (Lipinski definition) is 0. The third-order valence-electron chi connectivity index (χ3n) is 5.79. The van der Waals surface area contributed by atoms with Crippen LogP contribution in [0, 0.1) is 11.8 Å². The van der Waals surface area contributed by atoms with E-state index in [1.165, 1.54) is 44.9 Å². The number of hydrogen-bond donors (Lipinski definition) is 0. The van der Waals surface area contributed by atoms with Gasteiger partial charge in [-0.05, 0) is 37.5 Å². The fraction of sp³-hybridized carbons (Fsp3) is 1.00. The molecule has 2 heteroatoms. The van der Waals surface area contributed by atoms with Crippen LogP contribution in [0.2, 0.25) is 18.1 Å². The molecule has 1 aliphatic heterocycles. The SMILES string of the molecule is CC[Si@H]1CC[C@H](CCCCC2CCC(Br)CC2)CC1. The highest BCUT2D eigenvalue weighted by Crippen LogP contribution is 2.33. The number of unbranched alkanes of at least 4 members (excludes halogenated alkanes) is 1. The van der Waals surface area contributed by atoms with Gasteiger partial charge in [-0.15, -0.1) is 0 Å². The van der Waals surface area contributed by atoms with Gasteiger partial charge in [0.2, 0.25) is 0 Å². The molecule has 0 aromatic carbocycles. The highest BCUT2D eigenvalue weighted by atomic mass is 79.9. The van der Waals surface area contributed by atoms with Crippen molar-refractivity contribution in [2.24, 2.45) is 11.8 Å². The van der Waals surface area contributed by atoms with Crippen LogP contribution < -0.4 is 0 Å². The molecular formula is C17H33BrSi. The lowest BCUT2D eigenvalue weighted by Crippen LogP contribution is -2.20. The van der Waals surface area contributed by atoms with Crippen LogP contribution in [0.4, 0.5) is 0 Å². The Balaban J connectivity index is 1.48. The molecule has 0 spiro atoms. The summed E-state index contributed by atoms with van der Waals surface area (Å²) in [6.07, 6.45) is 15.1. The molecule has 2 aliphatic rings. The molecule has 0 radical (unpaired) electrons. The Bertz CT molecular complexity index is 227. The van der Waals surface area contributed by atoms with Crippen LogP contribution in [-0.2, 0) is 0 Å². The highest BCUT2D eigenvalue weighted by molar-refractivity contribution is 9.09. The Hall–Kier alpha value is 0.697. The van der Waals surface area contributed by atoms with Crippen molar-refractivity contribution in [3.63, 3.8) is 0 Å². The van der Waals surface area contributed by atoms with Gasteiger partial charge in [0.25, 0.3) is 0 Å². The lowest BCUT2D eigenvalue weighted by Gasteiger charge is -2.27. The summed E-state index contributed by atoms with van der Waals surface area (Å²) in [6, 6.07) is 4.88.